The van der Waals surface area contributed by atoms with Gasteiger partial charge in [-0.25, -0.2) is 4.39 Å². The lowest BCUT2D eigenvalue weighted by Gasteiger charge is -2.30. The molecule has 0 saturated carbocycles. The lowest BCUT2D eigenvalue weighted by Crippen LogP contribution is -2.36. The highest BCUT2D eigenvalue weighted by Gasteiger charge is 2.49. The Bertz CT molecular complexity index is 1010. The van der Waals surface area contributed by atoms with Gasteiger partial charge in [0.25, 0.3) is 5.91 Å². The zero-order valence-electron chi connectivity index (χ0n) is 15.9. The van der Waals surface area contributed by atoms with Crippen molar-refractivity contribution in [1.29, 1.82) is 0 Å². The van der Waals surface area contributed by atoms with Gasteiger partial charge in [0.05, 0.1) is 23.5 Å². The van der Waals surface area contributed by atoms with E-state index in [2.05, 4.69) is 27.0 Å². The van der Waals surface area contributed by atoms with Crippen molar-refractivity contribution in [2.24, 2.45) is 11.8 Å². The van der Waals surface area contributed by atoms with Gasteiger partial charge in [0, 0.05) is 50.1 Å². The molecular formula is C23H21FN4O. The third kappa shape index (κ3) is 3.14. The number of pyridine rings is 2. The Morgan fingerprint density at radius 3 is 2.52 bits per heavy atom. The normalized spacial score (nSPS) is 23.3. The monoisotopic (exact) mass is 388 g/mol. The van der Waals surface area contributed by atoms with E-state index in [1.807, 2.05) is 29.2 Å². The third-order valence-electron chi connectivity index (χ3n) is 6.07. The van der Waals surface area contributed by atoms with Crippen LogP contribution in [0.3, 0.4) is 0 Å². The smallest absolute Gasteiger partial charge is 0.255 e. The SMILES string of the molecule is O=C(c1cccnc1)N1C[C@@H]2CN(c3ccncc3F)C[C@@H]2[C@@H]1c1ccccc1. The predicted molar refractivity (Wildman–Crippen MR) is 108 cm³/mol. The van der Waals surface area contributed by atoms with Crippen molar-refractivity contribution in [1.82, 2.24) is 14.9 Å². The summed E-state index contributed by atoms with van der Waals surface area (Å²) in [5, 5.41) is 0. The Morgan fingerprint density at radius 1 is 0.931 bits per heavy atom. The number of rotatable bonds is 3. The van der Waals surface area contributed by atoms with Crippen LogP contribution in [0.1, 0.15) is 22.0 Å². The van der Waals surface area contributed by atoms with Crippen molar-refractivity contribution in [3.8, 4) is 0 Å². The topological polar surface area (TPSA) is 49.3 Å². The zero-order chi connectivity index (χ0) is 19.8. The molecule has 0 unspecified atom stereocenters. The van der Waals surface area contributed by atoms with Gasteiger partial charge in [0.15, 0.2) is 5.82 Å². The number of nitrogens with zero attached hydrogens (tertiary/aromatic N) is 4. The van der Waals surface area contributed by atoms with Gasteiger partial charge in [0.2, 0.25) is 0 Å². The largest absolute Gasteiger partial charge is 0.368 e. The van der Waals surface area contributed by atoms with E-state index in [4.69, 9.17) is 0 Å². The maximum Gasteiger partial charge on any atom is 0.255 e. The summed E-state index contributed by atoms with van der Waals surface area (Å²) >= 11 is 0. The lowest BCUT2D eigenvalue weighted by atomic mass is 9.89. The molecule has 3 atom stereocenters. The van der Waals surface area contributed by atoms with Crippen LogP contribution in [0.2, 0.25) is 0 Å². The predicted octanol–water partition coefficient (Wildman–Crippen LogP) is 3.57. The molecule has 2 saturated heterocycles. The molecule has 1 aromatic carbocycles. The number of benzene rings is 1. The number of carbonyl (C=O) groups excluding carboxylic acids is 1. The number of hydrogen-bond donors (Lipinski definition) is 0. The number of aromatic nitrogens is 2. The number of hydrogen-bond acceptors (Lipinski definition) is 4. The molecule has 2 aliphatic rings. The van der Waals surface area contributed by atoms with Crippen molar-refractivity contribution in [2.45, 2.75) is 6.04 Å². The van der Waals surface area contributed by atoms with E-state index >= 15 is 0 Å². The highest BCUT2D eigenvalue weighted by atomic mass is 19.1. The highest BCUT2D eigenvalue weighted by Crippen LogP contribution is 2.46. The van der Waals surface area contributed by atoms with Gasteiger partial charge in [-0.05, 0) is 23.8 Å². The van der Waals surface area contributed by atoms with E-state index in [1.165, 1.54) is 6.20 Å². The molecule has 2 fully saturated rings. The number of likely N-dealkylation sites (tertiary alicyclic amines) is 1. The summed E-state index contributed by atoms with van der Waals surface area (Å²) in [4.78, 5) is 25.3. The summed E-state index contributed by atoms with van der Waals surface area (Å²) in [5.41, 5.74) is 2.31. The summed E-state index contributed by atoms with van der Waals surface area (Å²) in [7, 11) is 0. The van der Waals surface area contributed by atoms with Crippen LogP contribution in [0.5, 0.6) is 0 Å². The molecule has 2 aliphatic heterocycles. The van der Waals surface area contributed by atoms with E-state index in [9.17, 15) is 9.18 Å². The molecule has 5 nitrogen and oxygen atoms in total. The maximum absolute atomic E-state index is 14.3. The maximum atomic E-state index is 14.3. The Hall–Kier alpha value is -3.28. The Labute approximate surface area is 168 Å². The van der Waals surface area contributed by atoms with Crippen molar-refractivity contribution in [2.75, 3.05) is 24.5 Å². The summed E-state index contributed by atoms with van der Waals surface area (Å²) in [6.07, 6.45) is 6.18. The van der Waals surface area contributed by atoms with Gasteiger partial charge in [-0.1, -0.05) is 30.3 Å². The number of amides is 1. The minimum Gasteiger partial charge on any atom is -0.368 e. The fraction of sp³-hybridized carbons (Fsp3) is 0.261. The summed E-state index contributed by atoms with van der Waals surface area (Å²) in [6, 6.07) is 15.4. The van der Waals surface area contributed by atoms with Crippen LogP contribution in [0.15, 0.2) is 73.3 Å². The number of fused-ring (bicyclic) bond motifs is 1. The van der Waals surface area contributed by atoms with Crippen LogP contribution in [0, 0.1) is 17.7 Å². The van der Waals surface area contributed by atoms with Gasteiger partial charge in [0.1, 0.15) is 0 Å². The molecule has 0 N–H and O–H groups in total. The van der Waals surface area contributed by atoms with E-state index in [1.54, 1.807) is 30.7 Å². The molecule has 0 radical (unpaired) electrons. The molecule has 3 aromatic rings. The quantitative estimate of drug-likeness (QED) is 0.688. The second-order valence-electron chi connectivity index (χ2n) is 7.71. The average molecular weight is 388 g/mol. The number of anilines is 1. The Balaban J connectivity index is 1.48. The fourth-order valence-electron chi connectivity index (χ4n) is 4.81. The van der Waals surface area contributed by atoms with Gasteiger partial charge >= 0.3 is 0 Å². The molecule has 0 bridgehead atoms. The van der Waals surface area contributed by atoms with Gasteiger partial charge in [-0.15, -0.1) is 0 Å². The van der Waals surface area contributed by atoms with Gasteiger partial charge < -0.3 is 9.80 Å². The van der Waals surface area contributed by atoms with Crippen molar-refractivity contribution in [3.63, 3.8) is 0 Å². The van der Waals surface area contributed by atoms with Crippen LogP contribution < -0.4 is 4.90 Å². The first-order valence-corrected chi connectivity index (χ1v) is 9.83. The van der Waals surface area contributed by atoms with Crippen molar-refractivity contribution < 1.29 is 9.18 Å². The number of carbonyl (C=O) groups is 1. The van der Waals surface area contributed by atoms with E-state index < -0.39 is 0 Å². The summed E-state index contributed by atoms with van der Waals surface area (Å²) in [5.74, 6) is 0.231. The zero-order valence-corrected chi connectivity index (χ0v) is 15.9. The third-order valence-corrected chi connectivity index (χ3v) is 6.07. The van der Waals surface area contributed by atoms with Crippen LogP contribution in [-0.4, -0.2) is 40.4 Å². The van der Waals surface area contributed by atoms with E-state index in [0.717, 1.165) is 12.1 Å². The van der Waals surface area contributed by atoms with E-state index in [-0.39, 0.29) is 29.6 Å². The first kappa shape index (κ1) is 17.8. The van der Waals surface area contributed by atoms with Gasteiger partial charge in [-0.3, -0.25) is 14.8 Å². The Kier molecular flexibility index (Phi) is 4.46. The first-order chi connectivity index (χ1) is 14.2. The summed E-state index contributed by atoms with van der Waals surface area (Å²) < 4.78 is 14.3. The summed E-state index contributed by atoms with van der Waals surface area (Å²) in [6.45, 7) is 2.09. The van der Waals surface area contributed by atoms with Crippen molar-refractivity contribution in [3.05, 3.63) is 90.3 Å². The molecule has 29 heavy (non-hydrogen) atoms. The molecule has 1 amide bonds. The van der Waals surface area contributed by atoms with Crippen LogP contribution in [-0.2, 0) is 0 Å². The van der Waals surface area contributed by atoms with Gasteiger partial charge in [-0.2, -0.15) is 0 Å². The van der Waals surface area contributed by atoms with Crippen LogP contribution in [0.4, 0.5) is 10.1 Å². The molecule has 2 aromatic heterocycles. The van der Waals surface area contributed by atoms with Crippen LogP contribution >= 0.6 is 0 Å². The minimum absolute atomic E-state index is 0.00277. The Morgan fingerprint density at radius 2 is 1.76 bits per heavy atom. The second-order valence-corrected chi connectivity index (χ2v) is 7.71. The standard InChI is InChI=1S/C23H21FN4O/c24-20-12-26-10-8-21(20)27-13-18-14-28(23(29)17-7-4-9-25-11-17)22(19(18)15-27)16-5-2-1-3-6-16/h1-12,18-19,22H,13-15H2/t18-,19-,22-/m0/s1. The molecule has 0 spiro atoms. The molecule has 5 rings (SSSR count). The average Bonchev–Trinajstić information content (AvgIpc) is 3.33. The molecule has 4 heterocycles. The fourth-order valence-corrected chi connectivity index (χ4v) is 4.81. The second kappa shape index (κ2) is 7.28. The van der Waals surface area contributed by atoms with Crippen molar-refractivity contribution >= 4 is 11.6 Å². The molecular weight excluding hydrogens is 367 g/mol. The van der Waals surface area contributed by atoms with E-state index in [0.29, 0.717) is 24.3 Å². The van der Waals surface area contributed by atoms with Crippen LogP contribution in [0.25, 0.3) is 0 Å². The highest BCUT2D eigenvalue weighted by molar-refractivity contribution is 5.94. The lowest BCUT2D eigenvalue weighted by molar-refractivity contribution is 0.0715. The number of halogens is 1. The molecule has 6 heteroatoms. The first-order valence-electron chi connectivity index (χ1n) is 9.83. The molecule has 0 aliphatic carbocycles. The molecule has 146 valence electrons. The minimum atomic E-state index is -0.299.